The minimum Gasteiger partial charge on any atom is -0.310 e. The summed E-state index contributed by atoms with van der Waals surface area (Å²) in [6, 6.07) is 8.52. The first-order valence-electron chi connectivity index (χ1n) is 7.85. The fourth-order valence-electron chi connectivity index (χ4n) is 2.46. The van der Waals surface area contributed by atoms with Gasteiger partial charge in [-0.25, -0.2) is 0 Å². The highest BCUT2D eigenvalue weighted by molar-refractivity contribution is 6.31. The van der Waals surface area contributed by atoms with E-state index in [1.165, 1.54) is 31.4 Å². The molecule has 0 radical (unpaired) electrons. The Bertz CT molecular complexity index is 368. The Hall–Kier alpha value is -0.570. The van der Waals surface area contributed by atoms with Crippen LogP contribution in [0.5, 0.6) is 0 Å². The number of rotatable bonds is 10. The first-order chi connectivity index (χ1) is 9.69. The maximum absolute atomic E-state index is 6.32. The monoisotopic (exact) mass is 296 g/mol. The van der Waals surface area contributed by atoms with Gasteiger partial charge in [0.1, 0.15) is 0 Å². The van der Waals surface area contributed by atoms with Crippen molar-refractivity contribution in [2.75, 3.05) is 26.7 Å². The Kier molecular flexibility index (Phi) is 8.92. The van der Waals surface area contributed by atoms with E-state index >= 15 is 0 Å². The summed E-state index contributed by atoms with van der Waals surface area (Å²) >= 11 is 6.32. The molecule has 1 unspecified atom stereocenters. The molecule has 0 amide bonds. The molecule has 0 aliphatic rings. The number of nitrogens with one attached hydrogen (secondary N) is 1. The summed E-state index contributed by atoms with van der Waals surface area (Å²) < 4.78 is 0. The van der Waals surface area contributed by atoms with Crippen LogP contribution in [0.4, 0.5) is 0 Å². The third-order valence-electron chi connectivity index (χ3n) is 3.67. The van der Waals surface area contributed by atoms with Crippen molar-refractivity contribution in [1.29, 1.82) is 0 Å². The predicted octanol–water partition coefficient (Wildman–Crippen LogP) is 4.50. The van der Waals surface area contributed by atoms with E-state index in [0.717, 1.165) is 24.5 Å². The van der Waals surface area contributed by atoms with E-state index in [4.69, 9.17) is 11.6 Å². The van der Waals surface area contributed by atoms with Crippen LogP contribution >= 0.6 is 11.6 Å². The van der Waals surface area contributed by atoms with Gasteiger partial charge in [0.15, 0.2) is 0 Å². The number of benzene rings is 1. The van der Waals surface area contributed by atoms with Gasteiger partial charge in [0.25, 0.3) is 0 Å². The van der Waals surface area contributed by atoms with Crippen LogP contribution in [-0.4, -0.2) is 31.6 Å². The fraction of sp³-hybridized carbons (Fsp3) is 0.647. The molecule has 0 fully saturated rings. The van der Waals surface area contributed by atoms with Gasteiger partial charge in [-0.3, -0.25) is 0 Å². The van der Waals surface area contributed by atoms with Gasteiger partial charge in [-0.1, -0.05) is 56.5 Å². The molecule has 3 heteroatoms. The lowest BCUT2D eigenvalue weighted by molar-refractivity contribution is 0.301. The van der Waals surface area contributed by atoms with Crippen molar-refractivity contribution < 1.29 is 0 Å². The number of halogens is 1. The number of hydrogen-bond acceptors (Lipinski definition) is 2. The normalized spacial score (nSPS) is 12.8. The zero-order valence-corrected chi connectivity index (χ0v) is 13.9. The molecule has 1 aromatic carbocycles. The van der Waals surface area contributed by atoms with Crippen molar-refractivity contribution >= 4 is 11.6 Å². The van der Waals surface area contributed by atoms with Crippen LogP contribution < -0.4 is 5.32 Å². The zero-order chi connectivity index (χ0) is 14.8. The minimum absolute atomic E-state index is 0.349. The number of unbranched alkanes of at least 4 members (excludes halogenated alkanes) is 2. The van der Waals surface area contributed by atoms with Crippen molar-refractivity contribution in [2.45, 2.75) is 45.6 Å². The molecule has 20 heavy (non-hydrogen) atoms. The molecule has 2 nitrogen and oxygen atoms in total. The molecule has 0 saturated carbocycles. The van der Waals surface area contributed by atoms with E-state index in [0.29, 0.717) is 6.04 Å². The summed E-state index contributed by atoms with van der Waals surface area (Å²) in [4.78, 5) is 2.43. The molecule has 114 valence electrons. The lowest BCUT2D eigenvalue weighted by Gasteiger charge is -2.23. The maximum Gasteiger partial charge on any atom is 0.0453 e. The van der Waals surface area contributed by atoms with Crippen molar-refractivity contribution in [3.63, 3.8) is 0 Å². The molecule has 1 atom stereocenters. The Labute approximate surface area is 129 Å². The highest BCUT2D eigenvalue weighted by Gasteiger charge is 2.13. The van der Waals surface area contributed by atoms with Gasteiger partial charge in [-0.05, 0) is 51.2 Å². The van der Waals surface area contributed by atoms with E-state index in [1.54, 1.807) is 0 Å². The van der Waals surface area contributed by atoms with Gasteiger partial charge in [-0.15, -0.1) is 0 Å². The van der Waals surface area contributed by atoms with E-state index in [-0.39, 0.29) is 0 Å². The largest absolute Gasteiger partial charge is 0.310 e. The first kappa shape index (κ1) is 17.5. The van der Waals surface area contributed by atoms with Crippen LogP contribution in [0.25, 0.3) is 0 Å². The average molecular weight is 297 g/mol. The standard InChI is InChI=1S/C17H29ClN2/c1-4-6-9-13-20(3)14-12-17(19-5-2)15-10-7-8-11-16(15)18/h7-8,10-11,17,19H,4-6,9,12-14H2,1-3H3. The molecule has 0 heterocycles. The van der Waals surface area contributed by atoms with Crippen molar-refractivity contribution in [3.8, 4) is 0 Å². The van der Waals surface area contributed by atoms with E-state index < -0.39 is 0 Å². The third-order valence-corrected chi connectivity index (χ3v) is 4.02. The molecule has 0 aliphatic heterocycles. The molecule has 1 aromatic rings. The van der Waals surface area contributed by atoms with Crippen LogP contribution in [0.15, 0.2) is 24.3 Å². The van der Waals surface area contributed by atoms with Crippen molar-refractivity contribution in [2.24, 2.45) is 0 Å². The fourth-order valence-corrected chi connectivity index (χ4v) is 2.73. The van der Waals surface area contributed by atoms with Gasteiger partial charge < -0.3 is 10.2 Å². The molecular weight excluding hydrogens is 268 g/mol. The Morgan fingerprint density at radius 1 is 1.15 bits per heavy atom. The van der Waals surface area contributed by atoms with Gasteiger partial charge in [-0.2, -0.15) is 0 Å². The Morgan fingerprint density at radius 3 is 2.55 bits per heavy atom. The smallest absolute Gasteiger partial charge is 0.0453 e. The topological polar surface area (TPSA) is 15.3 Å². The highest BCUT2D eigenvalue weighted by atomic mass is 35.5. The molecule has 0 aromatic heterocycles. The van der Waals surface area contributed by atoms with Crippen LogP contribution in [0.3, 0.4) is 0 Å². The van der Waals surface area contributed by atoms with Gasteiger partial charge in [0.05, 0.1) is 0 Å². The summed E-state index contributed by atoms with van der Waals surface area (Å²) in [7, 11) is 2.21. The van der Waals surface area contributed by atoms with Crippen LogP contribution in [-0.2, 0) is 0 Å². The highest BCUT2D eigenvalue weighted by Crippen LogP contribution is 2.25. The Balaban J connectivity index is 2.49. The second-order valence-electron chi connectivity index (χ2n) is 5.43. The van der Waals surface area contributed by atoms with E-state index in [9.17, 15) is 0 Å². The molecular formula is C17H29ClN2. The maximum atomic E-state index is 6.32. The molecule has 0 saturated heterocycles. The van der Waals surface area contributed by atoms with Crippen LogP contribution in [0, 0.1) is 0 Å². The average Bonchev–Trinajstić information content (AvgIpc) is 2.44. The summed E-state index contributed by atoms with van der Waals surface area (Å²) in [6.45, 7) is 7.66. The molecule has 1 rings (SSSR count). The van der Waals surface area contributed by atoms with Gasteiger partial charge in [0, 0.05) is 11.1 Å². The second-order valence-corrected chi connectivity index (χ2v) is 5.84. The number of hydrogen-bond donors (Lipinski definition) is 1. The van der Waals surface area contributed by atoms with Gasteiger partial charge in [0.2, 0.25) is 0 Å². The van der Waals surface area contributed by atoms with Crippen LogP contribution in [0.1, 0.15) is 51.1 Å². The quantitative estimate of drug-likeness (QED) is 0.639. The second kappa shape index (κ2) is 10.2. The summed E-state index contributed by atoms with van der Waals surface area (Å²) in [5.41, 5.74) is 1.22. The predicted molar refractivity (Wildman–Crippen MR) is 89.5 cm³/mol. The number of nitrogens with zero attached hydrogens (tertiary/aromatic N) is 1. The first-order valence-corrected chi connectivity index (χ1v) is 8.23. The van der Waals surface area contributed by atoms with Crippen molar-refractivity contribution in [3.05, 3.63) is 34.9 Å². The van der Waals surface area contributed by atoms with Gasteiger partial charge >= 0.3 is 0 Å². The molecule has 0 spiro atoms. The summed E-state index contributed by atoms with van der Waals surface area (Å²) in [6.07, 6.45) is 5.00. The minimum atomic E-state index is 0.349. The Morgan fingerprint density at radius 2 is 1.90 bits per heavy atom. The lowest BCUT2D eigenvalue weighted by atomic mass is 10.0. The zero-order valence-electron chi connectivity index (χ0n) is 13.2. The SMILES string of the molecule is CCCCCN(C)CCC(NCC)c1ccccc1Cl. The van der Waals surface area contributed by atoms with E-state index in [1.807, 2.05) is 12.1 Å². The van der Waals surface area contributed by atoms with E-state index in [2.05, 4.69) is 43.2 Å². The van der Waals surface area contributed by atoms with Crippen molar-refractivity contribution in [1.82, 2.24) is 10.2 Å². The summed E-state index contributed by atoms with van der Waals surface area (Å²) in [5, 5.41) is 4.42. The summed E-state index contributed by atoms with van der Waals surface area (Å²) in [5.74, 6) is 0. The van der Waals surface area contributed by atoms with Crippen LogP contribution in [0.2, 0.25) is 5.02 Å². The molecule has 0 aliphatic carbocycles. The molecule has 1 N–H and O–H groups in total. The molecule has 0 bridgehead atoms. The lowest BCUT2D eigenvalue weighted by Crippen LogP contribution is -2.28. The third kappa shape index (κ3) is 6.25.